The van der Waals surface area contributed by atoms with Crippen LogP contribution in [0.1, 0.15) is 13.8 Å². The van der Waals surface area contributed by atoms with Crippen LogP contribution in [0.2, 0.25) is 0 Å². The van der Waals surface area contributed by atoms with Crippen molar-refractivity contribution in [3.63, 3.8) is 0 Å². The van der Waals surface area contributed by atoms with Gasteiger partial charge in [0.15, 0.2) is 0 Å². The van der Waals surface area contributed by atoms with E-state index >= 15 is 0 Å². The number of ether oxygens (including phenoxy) is 1. The molecule has 0 rings (SSSR count). The van der Waals surface area contributed by atoms with Crippen molar-refractivity contribution in [3.8, 4) is 0 Å². The standard InChI is InChI=1S/C9H20N2O3/c1-9(2,6-10)8(13)11-7(4-12)5-14-3/h7,12H,4-6,10H2,1-3H3,(H,11,13). The molecule has 0 saturated heterocycles. The summed E-state index contributed by atoms with van der Waals surface area (Å²) in [7, 11) is 1.52. The molecule has 0 aromatic heterocycles. The molecule has 0 heterocycles. The summed E-state index contributed by atoms with van der Waals surface area (Å²) in [5, 5.41) is 11.6. The third kappa shape index (κ3) is 4.04. The number of aliphatic hydroxyl groups is 1. The molecule has 5 heteroatoms. The van der Waals surface area contributed by atoms with Gasteiger partial charge in [-0.05, 0) is 13.8 Å². The van der Waals surface area contributed by atoms with E-state index in [1.54, 1.807) is 13.8 Å². The summed E-state index contributed by atoms with van der Waals surface area (Å²) < 4.78 is 4.84. The maximum absolute atomic E-state index is 11.6. The lowest BCUT2D eigenvalue weighted by atomic mass is 9.92. The molecule has 14 heavy (non-hydrogen) atoms. The van der Waals surface area contributed by atoms with Gasteiger partial charge in [0, 0.05) is 13.7 Å². The molecule has 0 aromatic rings. The minimum atomic E-state index is -0.610. The summed E-state index contributed by atoms with van der Waals surface area (Å²) in [6, 6.07) is -0.363. The van der Waals surface area contributed by atoms with Gasteiger partial charge in [0.1, 0.15) is 0 Å². The molecule has 84 valence electrons. The molecule has 1 amide bonds. The highest BCUT2D eigenvalue weighted by Crippen LogP contribution is 2.12. The van der Waals surface area contributed by atoms with Crippen LogP contribution in [0.25, 0.3) is 0 Å². The second kappa shape index (κ2) is 5.95. The monoisotopic (exact) mass is 204 g/mol. The second-order valence-corrected chi connectivity index (χ2v) is 3.90. The molecule has 1 unspecified atom stereocenters. The van der Waals surface area contributed by atoms with Gasteiger partial charge >= 0.3 is 0 Å². The maximum Gasteiger partial charge on any atom is 0.227 e. The number of carbonyl (C=O) groups is 1. The molecule has 0 aliphatic carbocycles. The highest BCUT2D eigenvalue weighted by atomic mass is 16.5. The number of nitrogens with one attached hydrogen (secondary N) is 1. The molecule has 0 spiro atoms. The Hall–Kier alpha value is -0.650. The lowest BCUT2D eigenvalue weighted by Crippen LogP contribution is -2.48. The summed E-state index contributed by atoms with van der Waals surface area (Å²) in [6.07, 6.45) is 0. The zero-order valence-corrected chi connectivity index (χ0v) is 9.04. The summed E-state index contributed by atoms with van der Waals surface area (Å²) in [4.78, 5) is 11.6. The summed E-state index contributed by atoms with van der Waals surface area (Å²) >= 11 is 0. The first-order chi connectivity index (χ1) is 6.47. The highest BCUT2D eigenvalue weighted by molar-refractivity contribution is 5.82. The zero-order valence-electron chi connectivity index (χ0n) is 9.04. The number of amides is 1. The molecule has 4 N–H and O–H groups in total. The van der Waals surface area contributed by atoms with Crippen LogP contribution in [-0.2, 0) is 9.53 Å². The predicted octanol–water partition coefficient (Wildman–Crippen LogP) is -0.905. The molecule has 0 aliphatic heterocycles. The average molecular weight is 204 g/mol. The van der Waals surface area contributed by atoms with Crippen LogP contribution < -0.4 is 11.1 Å². The van der Waals surface area contributed by atoms with Crippen LogP contribution in [0.15, 0.2) is 0 Å². The van der Waals surface area contributed by atoms with Crippen LogP contribution in [0.4, 0.5) is 0 Å². The van der Waals surface area contributed by atoms with E-state index in [9.17, 15) is 4.79 Å². The first-order valence-electron chi connectivity index (χ1n) is 4.58. The van der Waals surface area contributed by atoms with Gasteiger partial charge in [0.05, 0.1) is 24.7 Å². The lowest BCUT2D eigenvalue weighted by Gasteiger charge is -2.24. The third-order valence-corrected chi connectivity index (χ3v) is 2.05. The Kier molecular flexibility index (Phi) is 5.68. The van der Waals surface area contributed by atoms with E-state index in [0.717, 1.165) is 0 Å². The van der Waals surface area contributed by atoms with Crippen LogP contribution in [-0.4, -0.2) is 43.9 Å². The molecule has 1 atom stereocenters. The van der Waals surface area contributed by atoms with E-state index in [0.29, 0.717) is 6.61 Å². The fourth-order valence-corrected chi connectivity index (χ4v) is 0.815. The Labute approximate surface area is 84.6 Å². The molecule has 0 fully saturated rings. The molecular formula is C9H20N2O3. The quantitative estimate of drug-likeness (QED) is 0.523. The largest absolute Gasteiger partial charge is 0.394 e. The summed E-state index contributed by atoms with van der Waals surface area (Å²) in [5.74, 6) is -0.170. The number of nitrogens with two attached hydrogens (primary N) is 1. The fraction of sp³-hybridized carbons (Fsp3) is 0.889. The minimum Gasteiger partial charge on any atom is -0.394 e. The van der Waals surface area contributed by atoms with Gasteiger partial charge in [-0.2, -0.15) is 0 Å². The minimum absolute atomic E-state index is 0.139. The Balaban J connectivity index is 4.15. The van der Waals surface area contributed by atoms with Crippen LogP contribution in [0, 0.1) is 5.41 Å². The van der Waals surface area contributed by atoms with Crippen LogP contribution in [0.3, 0.4) is 0 Å². The normalized spacial score (nSPS) is 13.8. The van der Waals surface area contributed by atoms with Gasteiger partial charge in [-0.1, -0.05) is 0 Å². The first-order valence-corrected chi connectivity index (χ1v) is 4.58. The van der Waals surface area contributed by atoms with Crippen LogP contribution >= 0.6 is 0 Å². The molecule has 0 bridgehead atoms. The SMILES string of the molecule is COCC(CO)NC(=O)C(C)(C)CN. The second-order valence-electron chi connectivity index (χ2n) is 3.90. The van der Waals surface area contributed by atoms with Gasteiger partial charge in [-0.25, -0.2) is 0 Å². The zero-order chi connectivity index (χ0) is 11.2. The molecule has 0 aromatic carbocycles. The fourth-order valence-electron chi connectivity index (χ4n) is 0.815. The van der Waals surface area contributed by atoms with Crippen molar-refractivity contribution < 1.29 is 14.6 Å². The van der Waals surface area contributed by atoms with Gasteiger partial charge in [0.2, 0.25) is 5.91 Å². The molecule has 5 nitrogen and oxygen atoms in total. The van der Waals surface area contributed by atoms with Crippen molar-refractivity contribution in [1.82, 2.24) is 5.32 Å². The predicted molar refractivity (Wildman–Crippen MR) is 53.7 cm³/mol. The smallest absolute Gasteiger partial charge is 0.227 e. The van der Waals surface area contributed by atoms with Crippen molar-refractivity contribution >= 4 is 5.91 Å². The van der Waals surface area contributed by atoms with Gasteiger partial charge < -0.3 is 20.9 Å². The number of methoxy groups -OCH3 is 1. The van der Waals surface area contributed by atoms with Crippen molar-refractivity contribution in [3.05, 3.63) is 0 Å². The van der Waals surface area contributed by atoms with Gasteiger partial charge in [-0.3, -0.25) is 4.79 Å². The topological polar surface area (TPSA) is 84.6 Å². The van der Waals surface area contributed by atoms with Crippen molar-refractivity contribution in [2.75, 3.05) is 26.9 Å². The number of aliphatic hydroxyl groups excluding tert-OH is 1. The summed E-state index contributed by atoms with van der Waals surface area (Å²) in [6.45, 7) is 3.93. The van der Waals surface area contributed by atoms with E-state index in [2.05, 4.69) is 5.32 Å². The van der Waals surface area contributed by atoms with Gasteiger partial charge in [-0.15, -0.1) is 0 Å². The van der Waals surface area contributed by atoms with E-state index < -0.39 is 5.41 Å². The van der Waals surface area contributed by atoms with Crippen molar-refractivity contribution in [2.45, 2.75) is 19.9 Å². The highest BCUT2D eigenvalue weighted by Gasteiger charge is 2.27. The molecule has 0 saturated carbocycles. The van der Waals surface area contributed by atoms with E-state index in [-0.39, 0.29) is 25.1 Å². The van der Waals surface area contributed by atoms with Gasteiger partial charge in [0.25, 0.3) is 0 Å². The first kappa shape index (κ1) is 13.4. The van der Waals surface area contributed by atoms with E-state index in [4.69, 9.17) is 15.6 Å². The van der Waals surface area contributed by atoms with E-state index in [1.165, 1.54) is 7.11 Å². The summed E-state index contributed by atoms with van der Waals surface area (Å²) in [5.41, 5.74) is 4.83. The number of hydrogen-bond acceptors (Lipinski definition) is 4. The average Bonchev–Trinajstić information content (AvgIpc) is 2.16. The Bertz CT molecular complexity index is 183. The van der Waals surface area contributed by atoms with Crippen LogP contribution in [0.5, 0.6) is 0 Å². The van der Waals surface area contributed by atoms with E-state index in [1.807, 2.05) is 0 Å². The Morgan fingerprint density at radius 3 is 2.57 bits per heavy atom. The number of hydrogen-bond donors (Lipinski definition) is 3. The molecule has 0 aliphatic rings. The van der Waals surface area contributed by atoms with Crippen molar-refractivity contribution in [2.24, 2.45) is 11.1 Å². The molecular weight excluding hydrogens is 184 g/mol. The number of carbonyl (C=O) groups excluding carboxylic acids is 1. The maximum atomic E-state index is 11.6. The Morgan fingerprint density at radius 1 is 1.64 bits per heavy atom. The Morgan fingerprint density at radius 2 is 2.21 bits per heavy atom. The number of rotatable bonds is 6. The molecule has 0 radical (unpaired) electrons. The lowest BCUT2D eigenvalue weighted by molar-refractivity contribution is -0.130. The third-order valence-electron chi connectivity index (χ3n) is 2.05. The van der Waals surface area contributed by atoms with Crippen molar-refractivity contribution in [1.29, 1.82) is 0 Å².